The zero-order chi connectivity index (χ0) is 27.3. The van der Waals surface area contributed by atoms with Crippen LogP contribution < -0.4 is 0 Å². The molecule has 1 N–H and O–H groups in total. The van der Waals surface area contributed by atoms with Crippen LogP contribution in [0.15, 0.2) is 60.2 Å². The fourth-order valence-electron chi connectivity index (χ4n) is 6.01. The minimum absolute atomic E-state index is 0.181. The lowest BCUT2D eigenvalue weighted by molar-refractivity contribution is 0.00687. The average molecular weight is 518 g/mol. The van der Waals surface area contributed by atoms with Crippen LogP contribution in [-0.4, -0.2) is 39.8 Å². The lowest BCUT2D eigenvalue weighted by atomic mass is 9.81. The Morgan fingerprint density at radius 3 is 2.29 bits per heavy atom. The molecule has 2 aliphatic rings. The minimum atomic E-state index is -0.857. The summed E-state index contributed by atoms with van der Waals surface area (Å²) < 4.78 is 5.91. The average Bonchev–Trinajstić information content (AvgIpc) is 3.66. The van der Waals surface area contributed by atoms with Crippen LogP contribution in [0.1, 0.15) is 94.1 Å². The molecule has 0 saturated heterocycles. The topological polar surface area (TPSA) is 66.8 Å². The highest BCUT2D eigenvalue weighted by Gasteiger charge is 2.49. The summed E-state index contributed by atoms with van der Waals surface area (Å²) in [5.41, 5.74) is 3.41. The number of hydrogen-bond acceptors (Lipinski definition) is 3. The van der Waals surface area contributed by atoms with E-state index in [1.54, 1.807) is 12.1 Å². The van der Waals surface area contributed by atoms with Gasteiger partial charge in [0, 0.05) is 18.0 Å². The molecule has 0 heterocycles. The van der Waals surface area contributed by atoms with E-state index in [9.17, 15) is 14.7 Å². The molecule has 204 valence electrons. The largest absolute Gasteiger partial charge is 0.478 e. The first-order chi connectivity index (χ1) is 18.2. The van der Waals surface area contributed by atoms with Crippen LogP contribution in [0.25, 0.3) is 6.08 Å². The zero-order valence-electron chi connectivity index (χ0n) is 23.4. The van der Waals surface area contributed by atoms with E-state index in [1.807, 2.05) is 39.0 Å². The van der Waals surface area contributed by atoms with Crippen LogP contribution >= 0.6 is 0 Å². The molecule has 0 aromatic heterocycles. The van der Waals surface area contributed by atoms with E-state index in [0.29, 0.717) is 17.4 Å². The number of aryl methyl sites for hydroxylation is 1. The molecule has 5 nitrogen and oxygen atoms in total. The Morgan fingerprint density at radius 2 is 1.66 bits per heavy atom. The SMILES string of the molecule is CC/C(=C\c1ccccc1)[C@@H]1C[C@H]1N(C(=O)OC(C)(C)C)C1CCC(CCc2ccccc2C(=O)O)CC1. The Hall–Kier alpha value is -3.08. The molecule has 5 heteroatoms. The molecule has 0 spiro atoms. The van der Waals surface area contributed by atoms with Crippen LogP contribution in [0.4, 0.5) is 4.79 Å². The van der Waals surface area contributed by atoms with Gasteiger partial charge in [-0.3, -0.25) is 0 Å². The van der Waals surface area contributed by atoms with E-state index < -0.39 is 11.6 Å². The number of benzene rings is 2. The van der Waals surface area contributed by atoms with Crippen molar-refractivity contribution in [3.63, 3.8) is 0 Å². The number of hydrogen-bond donors (Lipinski definition) is 1. The number of aromatic carboxylic acids is 1. The second kappa shape index (κ2) is 12.2. The van der Waals surface area contributed by atoms with Gasteiger partial charge in [-0.15, -0.1) is 0 Å². The van der Waals surface area contributed by atoms with Crippen molar-refractivity contribution in [1.82, 2.24) is 4.90 Å². The van der Waals surface area contributed by atoms with Crippen molar-refractivity contribution in [1.29, 1.82) is 0 Å². The van der Waals surface area contributed by atoms with Crippen molar-refractivity contribution in [3.05, 3.63) is 76.9 Å². The van der Waals surface area contributed by atoms with E-state index in [2.05, 4.69) is 42.2 Å². The van der Waals surface area contributed by atoms with Gasteiger partial charge in [-0.25, -0.2) is 9.59 Å². The molecule has 0 aliphatic heterocycles. The molecular formula is C33H43NO4. The van der Waals surface area contributed by atoms with Crippen LogP contribution in [0.3, 0.4) is 0 Å². The van der Waals surface area contributed by atoms with Crippen molar-refractivity contribution < 1.29 is 19.4 Å². The summed E-state index contributed by atoms with van der Waals surface area (Å²) in [6.45, 7) is 8.01. The number of carbonyl (C=O) groups excluding carboxylic acids is 1. The summed E-state index contributed by atoms with van der Waals surface area (Å²) in [7, 11) is 0. The molecule has 0 unspecified atom stereocenters. The van der Waals surface area contributed by atoms with E-state index in [4.69, 9.17) is 4.74 Å². The molecular weight excluding hydrogens is 474 g/mol. The molecule has 0 bridgehead atoms. The highest BCUT2D eigenvalue weighted by Crippen LogP contribution is 2.46. The van der Waals surface area contributed by atoms with E-state index >= 15 is 0 Å². The molecule has 2 fully saturated rings. The first-order valence-corrected chi connectivity index (χ1v) is 14.2. The Kier molecular flexibility index (Phi) is 8.96. The molecule has 2 aromatic carbocycles. The summed E-state index contributed by atoms with van der Waals surface area (Å²) in [6.07, 6.45) is 9.89. The number of carboxylic acid groups (broad SMARTS) is 1. The molecule has 2 aromatic rings. The van der Waals surface area contributed by atoms with Crippen molar-refractivity contribution in [2.45, 2.75) is 96.7 Å². The van der Waals surface area contributed by atoms with Gasteiger partial charge in [-0.1, -0.05) is 67.1 Å². The fourth-order valence-corrected chi connectivity index (χ4v) is 6.01. The predicted octanol–water partition coefficient (Wildman–Crippen LogP) is 8.00. The second-order valence-electron chi connectivity index (χ2n) is 12.0. The molecule has 2 atom stereocenters. The van der Waals surface area contributed by atoms with Gasteiger partial charge in [0.1, 0.15) is 5.60 Å². The molecule has 38 heavy (non-hydrogen) atoms. The van der Waals surface area contributed by atoms with Crippen LogP contribution in [-0.2, 0) is 11.2 Å². The second-order valence-corrected chi connectivity index (χ2v) is 12.0. The van der Waals surface area contributed by atoms with Crippen LogP contribution in [0, 0.1) is 11.8 Å². The zero-order valence-corrected chi connectivity index (χ0v) is 23.4. The molecule has 2 aliphatic carbocycles. The number of nitrogens with zero attached hydrogens (tertiary/aromatic N) is 1. The number of amides is 1. The third-order valence-corrected chi connectivity index (χ3v) is 8.03. The highest BCUT2D eigenvalue weighted by molar-refractivity contribution is 5.89. The van der Waals surface area contributed by atoms with Crippen LogP contribution in [0.2, 0.25) is 0 Å². The predicted molar refractivity (Wildman–Crippen MR) is 152 cm³/mol. The maximum atomic E-state index is 13.5. The first-order valence-electron chi connectivity index (χ1n) is 14.2. The Morgan fingerprint density at radius 1 is 1.00 bits per heavy atom. The van der Waals surface area contributed by atoms with Gasteiger partial charge in [-0.2, -0.15) is 0 Å². The summed E-state index contributed by atoms with van der Waals surface area (Å²) in [5.74, 6) is 0.0785. The molecule has 1 amide bonds. The van der Waals surface area contributed by atoms with E-state index in [0.717, 1.165) is 56.9 Å². The smallest absolute Gasteiger partial charge is 0.410 e. The third-order valence-electron chi connectivity index (χ3n) is 8.03. The monoisotopic (exact) mass is 517 g/mol. The maximum absolute atomic E-state index is 13.5. The Labute approximate surface area is 227 Å². The standard InChI is InChI=1S/C33H43NO4/c1-5-25(21-24-11-7-6-8-12-24)29-22-30(29)34(32(37)38-33(2,3)4)27-19-16-23(17-20-27)15-18-26-13-9-10-14-28(26)31(35)36/h6-14,21,23,27,29-30H,5,15-20,22H2,1-4H3,(H,35,36)/b25-21+/t23?,27?,29-,30+/m0/s1. The van der Waals surface area contributed by atoms with Gasteiger partial charge < -0.3 is 14.7 Å². The van der Waals surface area contributed by atoms with Gasteiger partial charge >= 0.3 is 12.1 Å². The minimum Gasteiger partial charge on any atom is -0.478 e. The number of carboxylic acids is 1. The summed E-state index contributed by atoms with van der Waals surface area (Å²) in [5, 5.41) is 9.50. The van der Waals surface area contributed by atoms with Crippen molar-refractivity contribution in [2.75, 3.05) is 0 Å². The normalized spacial score (nSPS) is 23.5. The quantitative estimate of drug-likeness (QED) is 0.366. The molecule has 2 saturated carbocycles. The Balaban J connectivity index is 1.41. The number of carbonyl (C=O) groups is 2. The van der Waals surface area contributed by atoms with Gasteiger partial charge in [0.25, 0.3) is 0 Å². The first kappa shape index (κ1) is 27.9. The van der Waals surface area contributed by atoms with E-state index in [-0.39, 0.29) is 18.2 Å². The summed E-state index contributed by atoms with van der Waals surface area (Å²) >= 11 is 0. The number of ether oxygens (including phenoxy) is 1. The van der Waals surface area contributed by atoms with Crippen molar-refractivity contribution >= 4 is 18.1 Å². The van der Waals surface area contributed by atoms with Gasteiger partial charge in [-0.05, 0) is 95.2 Å². The number of rotatable bonds is 9. The maximum Gasteiger partial charge on any atom is 0.410 e. The Bertz CT molecular complexity index is 1130. The van der Waals surface area contributed by atoms with Crippen molar-refractivity contribution in [3.8, 4) is 0 Å². The van der Waals surface area contributed by atoms with Gasteiger partial charge in [0.2, 0.25) is 0 Å². The highest BCUT2D eigenvalue weighted by atomic mass is 16.6. The van der Waals surface area contributed by atoms with Gasteiger partial charge in [0.05, 0.1) is 5.56 Å². The lowest BCUT2D eigenvalue weighted by Crippen LogP contribution is -2.47. The summed E-state index contributed by atoms with van der Waals surface area (Å²) in [6, 6.07) is 18.1. The van der Waals surface area contributed by atoms with Gasteiger partial charge in [0.15, 0.2) is 0 Å². The fraction of sp³-hybridized carbons (Fsp3) is 0.515. The molecule has 0 radical (unpaired) electrons. The lowest BCUT2D eigenvalue weighted by Gasteiger charge is -2.38. The van der Waals surface area contributed by atoms with Crippen LogP contribution in [0.5, 0.6) is 0 Å². The third kappa shape index (κ3) is 7.27. The van der Waals surface area contributed by atoms with E-state index in [1.165, 1.54) is 11.1 Å². The summed E-state index contributed by atoms with van der Waals surface area (Å²) in [4.78, 5) is 27.1. The van der Waals surface area contributed by atoms with Crippen molar-refractivity contribution in [2.24, 2.45) is 11.8 Å². The molecule has 4 rings (SSSR count).